The fourth-order valence-corrected chi connectivity index (χ4v) is 3.79. The Hall–Kier alpha value is -0.120. The van der Waals surface area contributed by atoms with Crippen molar-refractivity contribution in [3.63, 3.8) is 0 Å². The van der Waals surface area contributed by atoms with Gasteiger partial charge in [-0.1, -0.05) is 26.2 Å². The lowest BCUT2D eigenvalue weighted by atomic mass is 9.81. The molecule has 0 radical (unpaired) electrons. The summed E-state index contributed by atoms with van der Waals surface area (Å²) in [6.45, 7) is 11.1. The Bertz CT molecular complexity index is 264. The maximum atomic E-state index is 6.17. The van der Waals surface area contributed by atoms with Crippen molar-refractivity contribution >= 4 is 0 Å². The topological polar surface area (TPSA) is 24.5 Å². The Labute approximate surface area is 125 Å². The summed E-state index contributed by atoms with van der Waals surface area (Å²) in [4.78, 5) is 2.58. The number of ether oxygens (including phenoxy) is 1. The van der Waals surface area contributed by atoms with Crippen LogP contribution in [0, 0.1) is 5.92 Å². The second kappa shape index (κ2) is 8.35. The van der Waals surface area contributed by atoms with Crippen molar-refractivity contribution in [2.24, 2.45) is 5.92 Å². The van der Waals surface area contributed by atoms with Gasteiger partial charge in [0.05, 0.1) is 12.7 Å². The summed E-state index contributed by atoms with van der Waals surface area (Å²) in [6.07, 6.45) is 8.64. The molecule has 0 spiro atoms. The van der Waals surface area contributed by atoms with Crippen LogP contribution in [0.1, 0.15) is 59.3 Å². The van der Waals surface area contributed by atoms with E-state index in [1.807, 2.05) is 0 Å². The summed E-state index contributed by atoms with van der Waals surface area (Å²) >= 11 is 0. The molecule has 1 N–H and O–H groups in total. The van der Waals surface area contributed by atoms with Gasteiger partial charge in [-0.15, -0.1) is 0 Å². The zero-order chi connectivity index (χ0) is 14.4. The summed E-state index contributed by atoms with van der Waals surface area (Å²) in [7, 11) is 0. The summed E-state index contributed by atoms with van der Waals surface area (Å²) < 4.78 is 6.17. The Morgan fingerprint density at radius 1 is 1.20 bits per heavy atom. The maximum Gasteiger partial charge on any atom is 0.0858 e. The fourth-order valence-electron chi connectivity index (χ4n) is 3.79. The second-order valence-corrected chi connectivity index (χ2v) is 6.88. The van der Waals surface area contributed by atoms with Crippen molar-refractivity contribution in [3.05, 3.63) is 0 Å². The van der Waals surface area contributed by atoms with Gasteiger partial charge in [-0.3, -0.25) is 4.90 Å². The maximum absolute atomic E-state index is 6.17. The lowest BCUT2D eigenvalue weighted by Gasteiger charge is -2.42. The highest BCUT2D eigenvalue weighted by Crippen LogP contribution is 2.29. The molecule has 118 valence electrons. The quantitative estimate of drug-likeness (QED) is 0.810. The molecule has 1 saturated carbocycles. The van der Waals surface area contributed by atoms with Gasteiger partial charge >= 0.3 is 0 Å². The van der Waals surface area contributed by atoms with Crippen LogP contribution in [0.3, 0.4) is 0 Å². The molecule has 0 aromatic carbocycles. The first-order valence-electron chi connectivity index (χ1n) is 8.81. The predicted octanol–water partition coefficient (Wildman–Crippen LogP) is 3.04. The zero-order valence-electron chi connectivity index (χ0n) is 13.7. The van der Waals surface area contributed by atoms with Crippen LogP contribution in [-0.4, -0.2) is 49.3 Å². The van der Waals surface area contributed by atoms with Crippen LogP contribution in [0.4, 0.5) is 0 Å². The van der Waals surface area contributed by atoms with Crippen LogP contribution in [-0.2, 0) is 4.74 Å². The zero-order valence-corrected chi connectivity index (χ0v) is 13.7. The second-order valence-electron chi connectivity index (χ2n) is 6.88. The summed E-state index contributed by atoms with van der Waals surface area (Å²) in [5.74, 6) is 0.826. The molecule has 2 atom stereocenters. The van der Waals surface area contributed by atoms with E-state index in [0.29, 0.717) is 18.2 Å². The van der Waals surface area contributed by atoms with E-state index in [1.54, 1.807) is 0 Å². The van der Waals surface area contributed by atoms with Gasteiger partial charge in [0.15, 0.2) is 0 Å². The highest BCUT2D eigenvalue weighted by atomic mass is 16.5. The van der Waals surface area contributed by atoms with E-state index in [1.165, 1.54) is 38.5 Å². The van der Waals surface area contributed by atoms with Crippen LogP contribution in [0.2, 0.25) is 0 Å². The minimum absolute atomic E-state index is 0.390. The molecule has 2 rings (SSSR count). The van der Waals surface area contributed by atoms with Crippen LogP contribution in [0.5, 0.6) is 0 Å². The van der Waals surface area contributed by atoms with Crippen molar-refractivity contribution in [3.8, 4) is 0 Å². The Morgan fingerprint density at radius 3 is 2.60 bits per heavy atom. The number of hydrogen-bond acceptors (Lipinski definition) is 3. The average molecular weight is 282 g/mol. The molecule has 2 unspecified atom stereocenters. The summed E-state index contributed by atoms with van der Waals surface area (Å²) in [5.41, 5.74) is 0. The minimum Gasteiger partial charge on any atom is -0.374 e. The van der Waals surface area contributed by atoms with Gasteiger partial charge in [0.25, 0.3) is 0 Å². The van der Waals surface area contributed by atoms with Crippen LogP contribution in [0.25, 0.3) is 0 Å². The van der Waals surface area contributed by atoms with Crippen molar-refractivity contribution in [2.45, 2.75) is 77.5 Å². The Morgan fingerprint density at radius 2 is 1.95 bits per heavy atom. The van der Waals surface area contributed by atoms with E-state index in [4.69, 9.17) is 4.74 Å². The molecule has 20 heavy (non-hydrogen) atoms. The number of rotatable bonds is 6. The monoisotopic (exact) mass is 282 g/mol. The molecule has 2 aliphatic rings. The number of nitrogens with one attached hydrogen (secondary N) is 1. The van der Waals surface area contributed by atoms with E-state index in [-0.39, 0.29) is 0 Å². The Balaban J connectivity index is 1.96. The summed E-state index contributed by atoms with van der Waals surface area (Å²) in [5, 5.41) is 3.82. The molecule has 0 aromatic heterocycles. The number of morpholine rings is 1. The number of nitrogens with zero attached hydrogens (tertiary/aromatic N) is 1. The minimum atomic E-state index is 0.390. The van der Waals surface area contributed by atoms with E-state index in [9.17, 15) is 0 Å². The highest BCUT2D eigenvalue weighted by molar-refractivity contribution is 4.89. The molecule has 2 fully saturated rings. The van der Waals surface area contributed by atoms with Crippen molar-refractivity contribution < 1.29 is 4.74 Å². The largest absolute Gasteiger partial charge is 0.374 e. The third-order valence-electron chi connectivity index (χ3n) is 5.04. The fraction of sp³-hybridized carbons (Fsp3) is 1.00. The molecule has 3 nitrogen and oxygen atoms in total. The van der Waals surface area contributed by atoms with Gasteiger partial charge in [-0.2, -0.15) is 0 Å². The van der Waals surface area contributed by atoms with Crippen molar-refractivity contribution in [1.29, 1.82) is 0 Å². The molecule has 3 heteroatoms. The molecule has 0 bridgehead atoms. The van der Waals surface area contributed by atoms with Crippen molar-refractivity contribution in [2.75, 3.05) is 26.2 Å². The molecular formula is C17H34N2O. The van der Waals surface area contributed by atoms with Crippen LogP contribution >= 0.6 is 0 Å². The van der Waals surface area contributed by atoms with Crippen LogP contribution in [0.15, 0.2) is 0 Å². The first kappa shape index (κ1) is 16.3. The van der Waals surface area contributed by atoms with Gasteiger partial charge in [0.1, 0.15) is 0 Å². The standard InChI is InChI=1S/C17H34N2O/c1-4-10-18-17(15-8-6-5-7-9-15)16-13-19(14(2)3)11-12-20-16/h14-18H,4-13H2,1-3H3. The molecule has 1 aliphatic heterocycles. The van der Waals surface area contributed by atoms with Gasteiger partial charge in [0, 0.05) is 25.2 Å². The summed E-state index contributed by atoms with van der Waals surface area (Å²) in [6, 6.07) is 1.20. The SMILES string of the molecule is CCCNC(C1CCCCC1)C1CN(C(C)C)CCO1. The first-order valence-corrected chi connectivity index (χ1v) is 8.81. The molecular weight excluding hydrogens is 248 g/mol. The molecule has 1 heterocycles. The highest BCUT2D eigenvalue weighted by Gasteiger charge is 2.34. The third kappa shape index (κ3) is 4.44. The van der Waals surface area contributed by atoms with E-state index in [0.717, 1.165) is 32.2 Å². The van der Waals surface area contributed by atoms with Gasteiger partial charge in [-0.05, 0) is 45.6 Å². The first-order chi connectivity index (χ1) is 9.72. The van der Waals surface area contributed by atoms with Gasteiger partial charge in [-0.25, -0.2) is 0 Å². The molecule has 1 aliphatic carbocycles. The van der Waals surface area contributed by atoms with E-state index >= 15 is 0 Å². The predicted molar refractivity (Wildman–Crippen MR) is 85.1 cm³/mol. The van der Waals surface area contributed by atoms with Gasteiger partial charge < -0.3 is 10.1 Å². The van der Waals surface area contributed by atoms with E-state index < -0.39 is 0 Å². The lowest BCUT2D eigenvalue weighted by Crippen LogP contribution is -2.56. The van der Waals surface area contributed by atoms with Crippen molar-refractivity contribution in [1.82, 2.24) is 10.2 Å². The van der Waals surface area contributed by atoms with E-state index in [2.05, 4.69) is 31.0 Å². The Kier molecular flexibility index (Phi) is 6.79. The lowest BCUT2D eigenvalue weighted by molar-refractivity contribution is -0.0672. The van der Waals surface area contributed by atoms with Gasteiger partial charge in [0.2, 0.25) is 0 Å². The molecule has 0 aromatic rings. The molecule has 0 amide bonds. The number of hydrogen-bond donors (Lipinski definition) is 1. The van der Waals surface area contributed by atoms with Crippen LogP contribution < -0.4 is 5.32 Å². The normalized spacial score (nSPS) is 27.9. The third-order valence-corrected chi connectivity index (χ3v) is 5.04. The average Bonchev–Trinajstić information content (AvgIpc) is 2.49. The smallest absolute Gasteiger partial charge is 0.0858 e. The molecule has 1 saturated heterocycles.